The molecule has 2 aromatic carbocycles. The summed E-state index contributed by atoms with van der Waals surface area (Å²) in [6.07, 6.45) is 1.69. The average molecular weight is 504 g/mol. The number of anilines is 1. The van der Waals surface area contributed by atoms with Crippen LogP contribution in [0, 0.1) is 0 Å². The first-order chi connectivity index (χ1) is 15.5. The van der Waals surface area contributed by atoms with Gasteiger partial charge in [-0.25, -0.2) is 4.79 Å². The number of benzene rings is 2. The van der Waals surface area contributed by atoms with Crippen molar-refractivity contribution in [3.8, 4) is 23.0 Å². The first kappa shape index (κ1) is 31.3. The Balaban J connectivity index is 0. The SMILES string of the molecule is C=Cc1c(OC)cc(OC)cc1OC.COc1ccc(C=S(=O)=O)cc1NC(C)(C)C(=O)O.[H-].[Na+]. The van der Waals surface area contributed by atoms with Crippen LogP contribution in [0.3, 0.4) is 0 Å². The molecule has 0 aliphatic rings. The Morgan fingerprint density at radius 1 is 1.00 bits per heavy atom. The minimum Gasteiger partial charge on any atom is -1.00 e. The van der Waals surface area contributed by atoms with Crippen molar-refractivity contribution in [2.75, 3.05) is 33.8 Å². The molecule has 0 saturated carbocycles. The average Bonchev–Trinajstić information content (AvgIpc) is 2.77. The van der Waals surface area contributed by atoms with Gasteiger partial charge in [0.05, 0.1) is 45.1 Å². The van der Waals surface area contributed by atoms with E-state index in [1.165, 1.54) is 27.0 Å². The smallest absolute Gasteiger partial charge is 1.00 e. The third-order valence-electron chi connectivity index (χ3n) is 4.39. The summed E-state index contributed by atoms with van der Waals surface area (Å²) in [6.45, 7) is 6.70. The fourth-order valence-corrected chi connectivity index (χ4v) is 3.00. The molecule has 0 unspecified atom stereocenters. The van der Waals surface area contributed by atoms with Crippen molar-refractivity contribution < 1.29 is 68.3 Å². The molecule has 11 heteroatoms. The van der Waals surface area contributed by atoms with Gasteiger partial charge in [0, 0.05) is 12.1 Å². The van der Waals surface area contributed by atoms with Crippen molar-refractivity contribution >= 4 is 33.4 Å². The number of rotatable bonds is 9. The molecule has 182 valence electrons. The summed E-state index contributed by atoms with van der Waals surface area (Å²) in [5.74, 6) is 1.48. The normalized spacial score (nSPS) is 9.82. The summed E-state index contributed by atoms with van der Waals surface area (Å²) < 4.78 is 41.8. The maximum Gasteiger partial charge on any atom is 1.00 e. The summed E-state index contributed by atoms with van der Waals surface area (Å²) in [4.78, 5) is 11.1. The number of carbonyl (C=O) groups is 1. The van der Waals surface area contributed by atoms with Crippen LogP contribution < -0.4 is 53.8 Å². The number of ether oxygens (including phenoxy) is 4. The molecule has 0 fully saturated rings. The molecule has 0 radical (unpaired) electrons. The summed E-state index contributed by atoms with van der Waals surface area (Å²) in [6, 6.07) is 8.23. The zero-order valence-electron chi connectivity index (χ0n) is 21.5. The van der Waals surface area contributed by atoms with E-state index < -0.39 is 21.8 Å². The molecule has 0 saturated heterocycles. The molecule has 2 N–H and O–H groups in total. The summed E-state index contributed by atoms with van der Waals surface area (Å²) in [5.41, 5.74) is 0.463. The first-order valence-electron chi connectivity index (χ1n) is 9.57. The van der Waals surface area contributed by atoms with Gasteiger partial charge in [-0.3, -0.25) is 0 Å². The van der Waals surface area contributed by atoms with Gasteiger partial charge in [0.15, 0.2) is 0 Å². The van der Waals surface area contributed by atoms with Gasteiger partial charge < -0.3 is 30.8 Å². The summed E-state index contributed by atoms with van der Waals surface area (Å²) in [5, 5.41) is 12.9. The largest absolute Gasteiger partial charge is 1.00 e. The van der Waals surface area contributed by atoms with Crippen LogP contribution in [0.25, 0.3) is 6.08 Å². The molecular weight excluding hydrogens is 473 g/mol. The van der Waals surface area contributed by atoms with Gasteiger partial charge in [-0.05, 0) is 31.5 Å². The molecule has 2 rings (SSSR count). The Labute approximate surface area is 225 Å². The van der Waals surface area contributed by atoms with Crippen LogP contribution in [0.2, 0.25) is 0 Å². The Kier molecular flexibility index (Phi) is 13.4. The third-order valence-corrected chi connectivity index (χ3v) is 4.86. The molecule has 0 aliphatic carbocycles. The topological polar surface area (TPSA) is 120 Å². The number of aliphatic carboxylic acids is 1. The standard InChI is InChI=1S/C12H15NO5S.C11H14O3.Na.H/c1-12(2,11(14)15)13-9-6-8(7-19(16)17)4-5-10(9)18-3;1-5-9-10(13-3)6-8(12-2)7-11(9)14-4;;/h4-7,13H,1-3H3,(H,14,15);5-7H,1H2,2-4H3;;/q;;+1;-1. The molecule has 34 heavy (non-hydrogen) atoms. The Hall–Kier alpha value is -2.66. The van der Waals surface area contributed by atoms with Crippen LogP contribution in [-0.4, -0.2) is 58.8 Å². The van der Waals surface area contributed by atoms with Crippen LogP contribution in [0.1, 0.15) is 26.4 Å². The van der Waals surface area contributed by atoms with E-state index in [0.717, 1.165) is 10.9 Å². The Morgan fingerprint density at radius 2 is 1.53 bits per heavy atom. The molecule has 2 aromatic rings. The van der Waals surface area contributed by atoms with Gasteiger partial charge >= 0.3 is 35.5 Å². The molecule has 0 atom stereocenters. The second-order valence-electron chi connectivity index (χ2n) is 7.04. The maximum atomic E-state index is 11.1. The van der Waals surface area contributed by atoms with Gasteiger partial charge in [0.25, 0.3) is 0 Å². The van der Waals surface area contributed by atoms with Crippen LogP contribution in [0.4, 0.5) is 5.69 Å². The van der Waals surface area contributed by atoms with Gasteiger partial charge in [0.1, 0.15) is 28.5 Å². The van der Waals surface area contributed by atoms with Gasteiger partial charge in [-0.15, -0.1) is 0 Å². The van der Waals surface area contributed by atoms with Crippen LogP contribution in [-0.2, 0) is 15.1 Å². The van der Waals surface area contributed by atoms with Crippen molar-refractivity contribution in [2.24, 2.45) is 0 Å². The number of nitrogens with one attached hydrogen (secondary N) is 1. The molecule has 0 aliphatic heterocycles. The molecule has 0 amide bonds. The van der Waals surface area contributed by atoms with Crippen LogP contribution in [0.15, 0.2) is 36.9 Å². The number of carboxylic acids is 1. The molecule has 9 nitrogen and oxygen atoms in total. The molecule has 0 spiro atoms. The Morgan fingerprint density at radius 3 is 1.91 bits per heavy atom. The predicted molar refractivity (Wildman–Crippen MR) is 130 cm³/mol. The van der Waals surface area contributed by atoms with E-state index in [2.05, 4.69) is 11.9 Å². The van der Waals surface area contributed by atoms with Crippen molar-refractivity contribution in [2.45, 2.75) is 19.4 Å². The van der Waals surface area contributed by atoms with E-state index in [0.29, 0.717) is 34.2 Å². The van der Waals surface area contributed by atoms with Crippen molar-refractivity contribution in [3.05, 3.63) is 48.0 Å². The van der Waals surface area contributed by atoms with E-state index in [9.17, 15) is 13.2 Å². The second-order valence-corrected chi connectivity index (χ2v) is 7.80. The van der Waals surface area contributed by atoms with Crippen LogP contribution >= 0.6 is 0 Å². The number of methoxy groups -OCH3 is 4. The number of hydrogen-bond acceptors (Lipinski definition) is 8. The van der Waals surface area contributed by atoms with E-state index in [1.54, 1.807) is 51.7 Å². The summed E-state index contributed by atoms with van der Waals surface area (Å²) in [7, 11) is 3.92. The fourth-order valence-electron chi connectivity index (χ4n) is 2.63. The predicted octanol–water partition coefficient (Wildman–Crippen LogP) is 0.472. The van der Waals surface area contributed by atoms with Gasteiger partial charge in [0.2, 0.25) is 10.3 Å². The molecular formula is C23H30NNaO8S. The van der Waals surface area contributed by atoms with Gasteiger partial charge in [-0.1, -0.05) is 18.7 Å². The first-order valence-corrected chi connectivity index (χ1v) is 10.7. The van der Waals surface area contributed by atoms with Gasteiger partial charge in [-0.2, -0.15) is 8.42 Å². The number of hydrogen-bond donors (Lipinski definition) is 2. The monoisotopic (exact) mass is 503 g/mol. The van der Waals surface area contributed by atoms with E-state index in [-0.39, 0.29) is 31.0 Å². The van der Waals surface area contributed by atoms with E-state index in [1.807, 2.05) is 0 Å². The minimum atomic E-state index is -2.33. The molecule has 0 bridgehead atoms. The number of carboxylic acid groups (broad SMARTS) is 1. The van der Waals surface area contributed by atoms with Crippen molar-refractivity contribution in [1.82, 2.24) is 0 Å². The molecule has 0 aromatic heterocycles. The summed E-state index contributed by atoms with van der Waals surface area (Å²) >= 11 is 0. The quantitative estimate of drug-likeness (QED) is 0.372. The second kappa shape index (κ2) is 14.6. The molecule has 0 heterocycles. The van der Waals surface area contributed by atoms with Crippen LogP contribution in [0.5, 0.6) is 23.0 Å². The zero-order chi connectivity index (χ0) is 25.2. The third kappa shape index (κ3) is 8.94. The minimum absolute atomic E-state index is 0. The van der Waals surface area contributed by atoms with E-state index in [4.69, 9.17) is 24.1 Å². The van der Waals surface area contributed by atoms with E-state index >= 15 is 0 Å². The maximum absolute atomic E-state index is 11.1. The van der Waals surface area contributed by atoms with Crippen molar-refractivity contribution in [1.29, 1.82) is 0 Å². The van der Waals surface area contributed by atoms with Crippen molar-refractivity contribution in [3.63, 3.8) is 0 Å². The fraction of sp³-hybridized carbons (Fsp3) is 0.304. The Bertz CT molecular complexity index is 1100. The zero-order valence-corrected chi connectivity index (χ0v) is 23.3.